The van der Waals surface area contributed by atoms with Gasteiger partial charge in [-0.1, -0.05) is 18.2 Å². The van der Waals surface area contributed by atoms with E-state index in [1.54, 1.807) is 26.3 Å². The molecule has 4 rings (SSSR count). The second-order valence-corrected chi connectivity index (χ2v) is 7.01. The Balaban J connectivity index is 1.39. The van der Waals surface area contributed by atoms with Gasteiger partial charge < -0.3 is 14.4 Å². The van der Waals surface area contributed by atoms with Crippen molar-refractivity contribution in [1.82, 2.24) is 9.88 Å². The molecular weight excluding hydrogens is 367 g/mol. The standard InChI is InChI=1S/C24H23FN2O2/c1-17-5-6-18(14-22(17)25)19-4-3-11-27(16-19)12-13-29-24-9-10-26-23-15-20(28-2)7-8-21(23)24/h3-11,14-15H,12-13,16H2,1-2H3. The van der Waals surface area contributed by atoms with Crippen LogP contribution in [0.15, 0.2) is 67.0 Å². The van der Waals surface area contributed by atoms with Crippen LogP contribution in [0.5, 0.6) is 11.5 Å². The number of hydrogen-bond donors (Lipinski definition) is 0. The molecule has 0 saturated heterocycles. The summed E-state index contributed by atoms with van der Waals surface area (Å²) in [5.74, 6) is 1.40. The molecule has 4 nitrogen and oxygen atoms in total. The number of rotatable bonds is 6. The maximum Gasteiger partial charge on any atom is 0.130 e. The number of halogens is 1. The van der Waals surface area contributed by atoms with Crippen molar-refractivity contribution in [2.45, 2.75) is 6.92 Å². The van der Waals surface area contributed by atoms with E-state index in [0.717, 1.165) is 46.6 Å². The normalized spacial score (nSPS) is 13.5. The molecule has 5 heteroatoms. The van der Waals surface area contributed by atoms with E-state index in [4.69, 9.17) is 9.47 Å². The van der Waals surface area contributed by atoms with Gasteiger partial charge >= 0.3 is 0 Å². The predicted octanol–water partition coefficient (Wildman–Crippen LogP) is 4.98. The van der Waals surface area contributed by atoms with Crippen molar-refractivity contribution in [3.8, 4) is 11.5 Å². The van der Waals surface area contributed by atoms with E-state index in [1.165, 1.54) is 0 Å². The second-order valence-electron chi connectivity index (χ2n) is 7.01. The van der Waals surface area contributed by atoms with Crippen LogP contribution >= 0.6 is 0 Å². The van der Waals surface area contributed by atoms with Gasteiger partial charge in [0.1, 0.15) is 23.9 Å². The van der Waals surface area contributed by atoms with E-state index in [-0.39, 0.29) is 5.82 Å². The molecule has 1 aliphatic rings. The van der Waals surface area contributed by atoms with Gasteiger partial charge in [0.15, 0.2) is 0 Å². The van der Waals surface area contributed by atoms with Gasteiger partial charge in [0.05, 0.1) is 19.2 Å². The fraction of sp³-hybridized carbons (Fsp3) is 0.208. The molecule has 0 saturated carbocycles. The van der Waals surface area contributed by atoms with Crippen molar-refractivity contribution >= 4 is 16.5 Å². The van der Waals surface area contributed by atoms with Gasteiger partial charge in [-0.2, -0.15) is 0 Å². The molecule has 0 N–H and O–H groups in total. The number of hydrogen-bond acceptors (Lipinski definition) is 4. The summed E-state index contributed by atoms with van der Waals surface area (Å²) < 4.78 is 25.2. The molecule has 0 aliphatic carbocycles. The molecule has 3 aromatic rings. The third-order valence-electron chi connectivity index (χ3n) is 5.06. The highest BCUT2D eigenvalue weighted by molar-refractivity contribution is 5.85. The van der Waals surface area contributed by atoms with Gasteiger partial charge in [-0.15, -0.1) is 0 Å². The van der Waals surface area contributed by atoms with Gasteiger partial charge in [0.2, 0.25) is 0 Å². The maximum absolute atomic E-state index is 13.9. The lowest BCUT2D eigenvalue weighted by Crippen LogP contribution is -2.26. The van der Waals surface area contributed by atoms with Gasteiger partial charge in [-0.3, -0.25) is 4.98 Å². The Labute approximate surface area is 169 Å². The summed E-state index contributed by atoms with van der Waals surface area (Å²) in [4.78, 5) is 6.55. The molecule has 1 aliphatic heterocycles. The number of aryl methyl sites for hydroxylation is 1. The van der Waals surface area contributed by atoms with Crippen LogP contribution in [0, 0.1) is 12.7 Å². The van der Waals surface area contributed by atoms with Crippen LogP contribution in [-0.4, -0.2) is 36.7 Å². The Bertz CT molecular complexity index is 1090. The minimum atomic E-state index is -0.172. The molecule has 2 aromatic carbocycles. The third kappa shape index (κ3) is 4.24. The number of benzene rings is 2. The molecule has 0 spiro atoms. The molecule has 0 unspecified atom stereocenters. The van der Waals surface area contributed by atoms with Crippen LogP contribution in [0.3, 0.4) is 0 Å². The zero-order chi connectivity index (χ0) is 20.2. The highest BCUT2D eigenvalue weighted by Gasteiger charge is 2.12. The van der Waals surface area contributed by atoms with Crippen molar-refractivity contribution in [3.63, 3.8) is 0 Å². The lowest BCUT2D eigenvalue weighted by molar-refractivity contribution is 0.267. The average molecular weight is 390 g/mol. The van der Waals surface area contributed by atoms with Gasteiger partial charge in [0, 0.05) is 24.2 Å². The van der Waals surface area contributed by atoms with Crippen LogP contribution in [0.25, 0.3) is 16.5 Å². The minimum Gasteiger partial charge on any atom is -0.497 e. The number of ether oxygens (including phenoxy) is 2. The largest absolute Gasteiger partial charge is 0.497 e. The number of nitrogens with zero attached hydrogens (tertiary/aromatic N) is 2. The minimum absolute atomic E-state index is 0.172. The molecule has 0 bridgehead atoms. The maximum atomic E-state index is 13.9. The number of methoxy groups -OCH3 is 1. The SMILES string of the molecule is COc1ccc2c(OCCN3C=CC=C(c4ccc(C)c(F)c4)C3)ccnc2c1. The molecule has 148 valence electrons. The van der Waals surface area contributed by atoms with Crippen molar-refractivity contribution in [1.29, 1.82) is 0 Å². The number of allylic oxidation sites excluding steroid dienone is 2. The quantitative estimate of drug-likeness (QED) is 0.594. The summed E-state index contributed by atoms with van der Waals surface area (Å²) in [6, 6.07) is 13.0. The first-order valence-electron chi connectivity index (χ1n) is 9.57. The summed E-state index contributed by atoms with van der Waals surface area (Å²) in [7, 11) is 1.64. The first kappa shape index (κ1) is 19.0. The molecule has 0 amide bonds. The van der Waals surface area contributed by atoms with Gasteiger partial charge in [-0.05, 0) is 60.2 Å². The molecule has 1 aromatic heterocycles. The Hall–Kier alpha value is -3.34. The summed E-state index contributed by atoms with van der Waals surface area (Å²) in [6.45, 7) is 3.75. The van der Waals surface area contributed by atoms with Gasteiger partial charge in [-0.25, -0.2) is 4.39 Å². The topological polar surface area (TPSA) is 34.6 Å². The van der Waals surface area contributed by atoms with Crippen LogP contribution in [0.1, 0.15) is 11.1 Å². The van der Waals surface area contributed by atoms with Crippen LogP contribution in [-0.2, 0) is 0 Å². The van der Waals surface area contributed by atoms with Crippen molar-refractivity contribution in [3.05, 3.63) is 84.0 Å². The zero-order valence-corrected chi connectivity index (χ0v) is 16.6. The summed E-state index contributed by atoms with van der Waals surface area (Å²) >= 11 is 0. The summed E-state index contributed by atoms with van der Waals surface area (Å²) in [6.07, 6.45) is 7.80. The first-order valence-corrected chi connectivity index (χ1v) is 9.57. The highest BCUT2D eigenvalue weighted by atomic mass is 19.1. The van der Waals surface area contributed by atoms with E-state index in [0.29, 0.717) is 12.2 Å². The smallest absolute Gasteiger partial charge is 0.130 e. The molecular formula is C24H23FN2O2. The molecule has 2 heterocycles. The van der Waals surface area contributed by atoms with Crippen LogP contribution in [0.4, 0.5) is 4.39 Å². The Morgan fingerprint density at radius 2 is 2.03 bits per heavy atom. The lowest BCUT2D eigenvalue weighted by Gasteiger charge is -2.25. The third-order valence-corrected chi connectivity index (χ3v) is 5.06. The number of pyridine rings is 1. The Morgan fingerprint density at radius 1 is 1.14 bits per heavy atom. The summed E-state index contributed by atoms with van der Waals surface area (Å²) in [5, 5.41) is 0.957. The van der Waals surface area contributed by atoms with E-state index >= 15 is 0 Å². The molecule has 0 fully saturated rings. The van der Waals surface area contributed by atoms with Crippen molar-refractivity contribution < 1.29 is 13.9 Å². The fourth-order valence-electron chi connectivity index (χ4n) is 3.37. The van der Waals surface area contributed by atoms with Gasteiger partial charge in [0.25, 0.3) is 0 Å². The number of aromatic nitrogens is 1. The monoisotopic (exact) mass is 390 g/mol. The van der Waals surface area contributed by atoms with Crippen molar-refractivity contribution in [2.24, 2.45) is 0 Å². The lowest BCUT2D eigenvalue weighted by atomic mass is 10.0. The second kappa shape index (κ2) is 8.35. The van der Waals surface area contributed by atoms with E-state index in [2.05, 4.69) is 9.88 Å². The predicted molar refractivity (Wildman–Crippen MR) is 114 cm³/mol. The van der Waals surface area contributed by atoms with E-state index in [9.17, 15) is 4.39 Å². The molecule has 29 heavy (non-hydrogen) atoms. The Kier molecular flexibility index (Phi) is 5.47. The van der Waals surface area contributed by atoms with Crippen molar-refractivity contribution in [2.75, 3.05) is 26.8 Å². The first-order chi connectivity index (χ1) is 14.1. The molecule has 0 atom stereocenters. The molecule has 0 radical (unpaired) electrons. The summed E-state index contributed by atoms with van der Waals surface area (Å²) in [5.41, 5.74) is 3.50. The van der Waals surface area contributed by atoms with Crippen LogP contribution < -0.4 is 9.47 Å². The number of fused-ring (bicyclic) bond motifs is 1. The highest BCUT2D eigenvalue weighted by Crippen LogP contribution is 2.27. The van der Waals surface area contributed by atoms with E-state index in [1.807, 2.05) is 54.8 Å². The zero-order valence-electron chi connectivity index (χ0n) is 16.6. The fourth-order valence-corrected chi connectivity index (χ4v) is 3.37. The Morgan fingerprint density at radius 3 is 2.86 bits per heavy atom. The average Bonchev–Trinajstić information content (AvgIpc) is 2.75. The van der Waals surface area contributed by atoms with E-state index < -0.39 is 0 Å². The van der Waals surface area contributed by atoms with Crippen LogP contribution in [0.2, 0.25) is 0 Å².